The number of aromatic nitrogens is 1. The summed E-state index contributed by atoms with van der Waals surface area (Å²) in [4.78, 5) is 19.0. The first-order chi connectivity index (χ1) is 8.70. The van der Waals surface area contributed by atoms with Crippen molar-refractivity contribution in [3.05, 3.63) is 46.3 Å². The van der Waals surface area contributed by atoms with Crippen LogP contribution in [-0.2, 0) is 6.54 Å². The molecule has 5 nitrogen and oxygen atoms in total. The number of anilines is 1. The Morgan fingerprint density at radius 2 is 2.28 bits per heavy atom. The molecule has 0 aliphatic rings. The highest BCUT2D eigenvalue weighted by Crippen LogP contribution is 2.13. The van der Waals surface area contributed by atoms with Gasteiger partial charge in [0.1, 0.15) is 11.5 Å². The van der Waals surface area contributed by atoms with E-state index in [-0.39, 0.29) is 5.91 Å². The van der Waals surface area contributed by atoms with Crippen LogP contribution in [0.2, 0.25) is 0 Å². The lowest BCUT2D eigenvalue weighted by atomic mass is 10.3. The Morgan fingerprint density at radius 3 is 2.94 bits per heavy atom. The van der Waals surface area contributed by atoms with E-state index in [1.165, 1.54) is 0 Å². The number of amides is 1. The average Bonchev–Trinajstić information content (AvgIpc) is 2.90. The van der Waals surface area contributed by atoms with Gasteiger partial charge in [0.2, 0.25) is 0 Å². The summed E-state index contributed by atoms with van der Waals surface area (Å²) in [6.45, 7) is 0.582. The standard InChI is InChI=1S/C12H14N4OS/c1-16(8-9-4-3-7-18-9)12(17)10-5-2-6-11(14-10)15-13/h2-7H,8,13H2,1H3,(H,14,15). The van der Waals surface area contributed by atoms with E-state index in [2.05, 4.69) is 10.4 Å². The number of nitrogens with one attached hydrogen (secondary N) is 1. The van der Waals surface area contributed by atoms with Gasteiger partial charge in [-0.3, -0.25) is 4.79 Å². The van der Waals surface area contributed by atoms with Crippen LogP contribution in [-0.4, -0.2) is 22.8 Å². The Hall–Kier alpha value is -1.92. The fourth-order valence-electron chi connectivity index (χ4n) is 1.54. The second-order valence-electron chi connectivity index (χ2n) is 3.79. The first-order valence-corrected chi connectivity index (χ1v) is 6.30. The molecular weight excluding hydrogens is 248 g/mol. The van der Waals surface area contributed by atoms with Gasteiger partial charge < -0.3 is 10.3 Å². The van der Waals surface area contributed by atoms with Gasteiger partial charge in [-0.25, -0.2) is 10.8 Å². The molecule has 94 valence electrons. The Morgan fingerprint density at radius 1 is 1.44 bits per heavy atom. The minimum absolute atomic E-state index is 0.125. The molecule has 3 N–H and O–H groups in total. The lowest BCUT2D eigenvalue weighted by Crippen LogP contribution is -2.27. The van der Waals surface area contributed by atoms with Crippen molar-refractivity contribution >= 4 is 23.1 Å². The summed E-state index contributed by atoms with van der Waals surface area (Å²) in [6.07, 6.45) is 0. The third-order valence-corrected chi connectivity index (χ3v) is 3.30. The van der Waals surface area contributed by atoms with E-state index in [4.69, 9.17) is 5.84 Å². The maximum absolute atomic E-state index is 12.1. The van der Waals surface area contributed by atoms with Gasteiger partial charge in [-0.15, -0.1) is 11.3 Å². The highest BCUT2D eigenvalue weighted by Gasteiger charge is 2.14. The Labute approximate surface area is 109 Å². The molecule has 18 heavy (non-hydrogen) atoms. The number of carbonyl (C=O) groups is 1. The van der Waals surface area contributed by atoms with E-state index in [0.717, 1.165) is 4.88 Å². The van der Waals surface area contributed by atoms with Crippen LogP contribution in [0.25, 0.3) is 0 Å². The molecule has 0 aromatic carbocycles. The van der Waals surface area contributed by atoms with E-state index >= 15 is 0 Å². The summed E-state index contributed by atoms with van der Waals surface area (Å²) in [7, 11) is 1.76. The summed E-state index contributed by atoms with van der Waals surface area (Å²) < 4.78 is 0. The van der Waals surface area contributed by atoms with Gasteiger partial charge in [0.15, 0.2) is 0 Å². The van der Waals surface area contributed by atoms with E-state index < -0.39 is 0 Å². The van der Waals surface area contributed by atoms with Gasteiger partial charge in [-0.2, -0.15) is 0 Å². The van der Waals surface area contributed by atoms with Gasteiger partial charge in [-0.1, -0.05) is 12.1 Å². The molecule has 0 fully saturated rings. The maximum atomic E-state index is 12.1. The van der Waals surface area contributed by atoms with Gasteiger partial charge in [0.25, 0.3) is 5.91 Å². The molecule has 0 saturated heterocycles. The normalized spacial score (nSPS) is 10.1. The first-order valence-electron chi connectivity index (χ1n) is 5.42. The van der Waals surface area contributed by atoms with Crippen molar-refractivity contribution in [1.29, 1.82) is 0 Å². The predicted octanol–water partition coefficient (Wildman–Crippen LogP) is 1.70. The van der Waals surface area contributed by atoms with Crippen molar-refractivity contribution in [3.8, 4) is 0 Å². The Balaban J connectivity index is 2.10. The van der Waals surface area contributed by atoms with Gasteiger partial charge in [0, 0.05) is 11.9 Å². The number of nitrogens with zero attached hydrogens (tertiary/aromatic N) is 2. The quantitative estimate of drug-likeness (QED) is 0.650. The molecule has 0 aliphatic carbocycles. The summed E-state index contributed by atoms with van der Waals surface area (Å²) in [5.74, 6) is 5.62. The topological polar surface area (TPSA) is 71.2 Å². The van der Waals surface area contributed by atoms with Crippen LogP contribution in [0.15, 0.2) is 35.7 Å². The van der Waals surface area contributed by atoms with Crippen LogP contribution >= 0.6 is 11.3 Å². The number of thiophene rings is 1. The number of pyridine rings is 1. The van der Waals surface area contributed by atoms with E-state index in [1.807, 2.05) is 17.5 Å². The predicted molar refractivity (Wildman–Crippen MR) is 72.2 cm³/mol. The largest absolute Gasteiger partial charge is 0.335 e. The Kier molecular flexibility index (Phi) is 3.91. The fourth-order valence-corrected chi connectivity index (χ4v) is 2.30. The molecule has 2 aromatic rings. The van der Waals surface area contributed by atoms with Gasteiger partial charge >= 0.3 is 0 Å². The van der Waals surface area contributed by atoms with Crippen LogP contribution in [0.3, 0.4) is 0 Å². The molecule has 2 aromatic heterocycles. The molecule has 0 aliphatic heterocycles. The summed E-state index contributed by atoms with van der Waals surface area (Å²) >= 11 is 1.62. The van der Waals surface area contributed by atoms with E-state index in [0.29, 0.717) is 18.1 Å². The third-order valence-electron chi connectivity index (χ3n) is 2.44. The number of nitrogen functional groups attached to an aromatic ring is 1. The zero-order valence-electron chi connectivity index (χ0n) is 9.96. The van der Waals surface area contributed by atoms with Crippen molar-refractivity contribution in [1.82, 2.24) is 9.88 Å². The first kappa shape index (κ1) is 12.5. The van der Waals surface area contributed by atoms with Crippen LogP contribution in [0.4, 0.5) is 5.82 Å². The number of rotatable bonds is 4. The lowest BCUT2D eigenvalue weighted by Gasteiger charge is -2.15. The SMILES string of the molecule is CN(Cc1cccs1)C(=O)c1cccc(NN)n1. The van der Waals surface area contributed by atoms with Crippen LogP contribution < -0.4 is 11.3 Å². The highest BCUT2D eigenvalue weighted by molar-refractivity contribution is 7.09. The second-order valence-corrected chi connectivity index (χ2v) is 4.83. The van der Waals surface area contributed by atoms with Crippen molar-refractivity contribution in [2.24, 2.45) is 5.84 Å². The highest BCUT2D eigenvalue weighted by atomic mass is 32.1. The molecule has 0 atom stereocenters. The van der Waals surface area contributed by atoms with Crippen molar-refractivity contribution in [2.45, 2.75) is 6.54 Å². The monoisotopic (exact) mass is 262 g/mol. The zero-order valence-corrected chi connectivity index (χ0v) is 10.8. The van der Waals surface area contributed by atoms with Gasteiger partial charge in [0.05, 0.1) is 6.54 Å². The third kappa shape index (κ3) is 2.85. The number of hydrogen-bond acceptors (Lipinski definition) is 5. The number of hydrazine groups is 1. The molecule has 0 saturated carbocycles. The van der Waals surface area contributed by atoms with E-state index in [1.54, 1.807) is 41.5 Å². The lowest BCUT2D eigenvalue weighted by molar-refractivity contribution is 0.0781. The fraction of sp³-hybridized carbons (Fsp3) is 0.167. The number of hydrogen-bond donors (Lipinski definition) is 2. The Bertz CT molecular complexity index is 527. The molecule has 6 heteroatoms. The molecule has 1 amide bonds. The van der Waals surface area contributed by atoms with Crippen LogP contribution in [0, 0.1) is 0 Å². The molecule has 0 spiro atoms. The maximum Gasteiger partial charge on any atom is 0.272 e. The average molecular weight is 262 g/mol. The molecular formula is C12H14N4OS. The molecule has 2 heterocycles. The van der Waals surface area contributed by atoms with Crippen LogP contribution in [0.1, 0.15) is 15.4 Å². The van der Waals surface area contributed by atoms with E-state index in [9.17, 15) is 4.79 Å². The minimum atomic E-state index is -0.125. The van der Waals surface area contributed by atoms with Crippen molar-refractivity contribution in [2.75, 3.05) is 12.5 Å². The molecule has 2 rings (SSSR count). The van der Waals surface area contributed by atoms with Crippen molar-refractivity contribution in [3.63, 3.8) is 0 Å². The molecule has 0 unspecified atom stereocenters. The zero-order chi connectivity index (χ0) is 13.0. The number of nitrogens with two attached hydrogens (primary N) is 1. The number of carbonyl (C=O) groups excluding carboxylic acids is 1. The van der Waals surface area contributed by atoms with Crippen LogP contribution in [0.5, 0.6) is 0 Å². The van der Waals surface area contributed by atoms with Crippen molar-refractivity contribution < 1.29 is 4.79 Å². The minimum Gasteiger partial charge on any atom is -0.335 e. The summed E-state index contributed by atoms with van der Waals surface area (Å²) in [5, 5.41) is 1.99. The second kappa shape index (κ2) is 5.61. The summed E-state index contributed by atoms with van der Waals surface area (Å²) in [6, 6.07) is 9.09. The smallest absolute Gasteiger partial charge is 0.272 e. The summed E-state index contributed by atoms with van der Waals surface area (Å²) in [5.41, 5.74) is 2.81. The molecule has 0 bridgehead atoms. The van der Waals surface area contributed by atoms with Gasteiger partial charge in [-0.05, 0) is 23.6 Å². The molecule has 0 radical (unpaired) electrons.